The van der Waals surface area contributed by atoms with Crippen molar-refractivity contribution >= 4 is 34.8 Å². The standard InChI is InChI=1S/C32H32FN5O5/c1-32(2,3)43-31(41)37(4)17-27(39)42-18-22-9-11-23(33)14-24(22)19-10-12-26-25(13-19)28(36-30(34)35-26)29(40)38-15-20-7-5-6-8-21(20)16-38/h5-14H,15-18H2,1-4H3,(H2,34,35,36). The molecule has 43 heavy (non-hydrogen) atoms. The summed E-state index contributed by atoms with van der Waals surface area (Å²) in [5, 5.41) is 0.457. The van der Waals surface area contributed by atoms with Crippen molar-refractivity contribution < 1.29 is 28.2 Å². The van der Waals surface area contributed by atoms with Crippen molar-refractivity contribution in [1.29, 1.82) is 0 Å². The van der Waals surface area contributed by atoms with Crippen LogP contribution in [0.25, 0.3) is 22.0 Å². The summed E-state index contributed by atoms with van der Waals surface area (Å²) in [5.74, 6) is -1.48. The van der Waals surface area contributed by atoms with E-state index in [1.165, 1.54) is 25.2 Å². The van der Waals surface area contributed by atoms with Gasteiger partial charge in [-0.3, -0.25) is 9.59 Å². The summed E-state index contributed by atoms with van der Waals surface area (Å²) in [5.41, 5.74) is 9.55. The minimum atomic E-state index is -0.709. The highest BCUT2D eigenvalue weighted by atomic mass is 19.1. The van der Waals surface area contributed by atoms with Gasteiger partial charge >= 0.3 is 12.1 Å². The Morgan fingerprint density at radius 3 is 2.37 bits per heavy atom. The lowest BCUT2D eigenvalue weighted by Gasteiger charge is -2.24. The molecule has 2 heterocycles. The van der Waals surface area contributed by atoms with Gasteiger partial charge in [0.05, 0.1) is 5.52 Å². The van der Waals surface area contributed by atoms with Crippen LogP contribution in [0.3, 0.4) is 0 Å². The molecule has 1 aliphatic heterocycles. The second kappa shape index (κ2) is 11.7. The highest BCUT2D eigenvalue weighted by molar-refractivity contribution is 6.06. The molecule has 3 aromatic carbocycles. The zero-order valence-corrected chi connectivity index (χ0v) is 24.4. The molecule has 5 rings (SSSR count). The van der Waals surface area contributed by atoms with Gasteiger partial charge in [0.1, 0.15) is 30.3 Å². The first-order valence-corrected chi connectivity index (χ1v) is 13.7. The van der Waals surface area contributed by atoms with Crippen molar-refractivity contribution in [3.8, 4) is 11.1 Å². The number of amides is 2. The number of nitrogen functional groups attached to an aromatic ring is 1. The average molecular weight is 586 g/mol. The number of anilines is 1. The van der Waals surface area contributed by atoms with Crippen LogP contribution in [0.15, 0.2) is 60.7 Å². The number of carbonyl (C=O) groups is 3. The maximum Gasteiger partial charge on any atom is 0.410 e. The molecule has 0 saturated heterocycles. The molecule has 0 aliphatic carbocycles. The lowest BCUT2D eigenvalue weighted by molar-refractivity contribution is -0.145. The SMILES string of the molecule is CN(CC(=O)OCc1ccc(F)cc1-c1ccc2nc(N)nc(C(=O)N3Cc4ccccc4C3)c2c1)C(=O)OC(C)(C)C. The highest BCUT2D eigenvalue weighted by Gasteiger charge is 2.27. The van der Waals surface area contributed by atoms with Gasteiger partial charge in [0.15, 0.2) is 0 Å². The van der Waals surface area contributed by atoms with E-state index in [0.717, 1.165) is 16.0 Å². The monoisotopic (exact) mass is 585 g/mol. The Bertz CT molecular complexity index is 1710. The fourth-order valence-corrected chi connectivity index (χ4v) is 4.85. The number of nitrogens with zero attached hydrogens (tertiary/aromatic N) is 4. The van der Waals surface area contributed by atoms with E-state index in [-0.39, 0.29) is 30.7 Å². The minimum Gasteiger partial charge on any atom is -0.459 e. The number of carbonyl (C=O) groups excluding carboxylic acids is 3. The summed E-state index contributed by atoms with van der Waals surface area (Å²) in [6.07, 6.45) is -0.658. The number of nitrogens with two attached hydrogens (primary N) is 1. The molecule has 0 spiro atoms. The normalized spacial score (nSPS) is 12.6. The van der Waals surface area contributed by atoms with E-state index in [1.54, 1.807) is 43.9 Å². The Morgan fingerprint density at radius 1 is 1.00 bits per heavy atom. The van der Waals surface area contributed by atoms with Crippen LogP contribution in [-0.2, 0) is 34.0 Å². The van der Waals surface area contributed by atoms with E-state index in [0.29, 0.717) is 40.7 Å². The van der Waals surface area contributed by atoms with E-state index in [1.807, 2.05) is 24.3 Å². The first-order chi connectivity index (χ1) is 20.4. The summed E-state index contributed by atoms with van der Waals surface area (Å²) >= 11 is 0. The molecule has 0 atom stereocenters. The van der Waals surface area contributed by atoms with Crippen LogP contribution in [-0.4, -0.2) is 56.9 Å². The van der Waals surface area contributed by atoms with Gasteiger partial charge in [-0.05, 0) is 72.9 Å². The van der Waals surface area contributed by atoms with E-state index in [4.69, 9.17) is 15.2 Å². The van der Waals surface area contributed by atoms with E-state index < -0.39 is 23.5 Å². The van der Waals surface area contributed by atoms with Crippen LogP contribution in [0.1, 0.15) is 48.0 Å². The van der Waals surface area contributed by atoms with Gasteiger partial charge in [0.25, 0.3) is 5.91 Å². The van der Waals surface area contributed by atoms with Crippen molar-refractivity contribution in [2.45, 2.75) is 46.1 Å². The molecule has 4 aromatic rings. The number of halogens is 1. The van der Waals surface area contributed by atoms with Crippen molar-refractivity contribution in [1.82, 2.24) is 19.8 Å². The lowest BCUT2D eigenvalue weighted by atomic mass is 9.97. The van der Waals surface area contributed by atoms with Gasteiger partial charge in [0, 0.05) is 25.5 Å². The smallest absolute Gasteiger partial charge is 0.410 e. The first-order valence-electron chi connectivity index (χ1n) is 13.7. The third-order valence-corrected chi connectivity index (χ3v) is 6.89. The third-order valence-electron chi connectivity index (χ3n) is 6.89. The van der Waals surface area contributed by atoms with Gasteiger partial charge in [-0.1, -0.05) is 36.4 Å². The zero-order chi connectivity index (χ0) is 30.9. The average Bonchev–Trinajstić information content (AvgIpc) is 3.39. The Kier molecular flexibility index (Phi) is 7.99. The number of likely N-dealkylation sites (N-methyl/N-ethyl adjacent to an activating group) is 1. The number of aromatic nitrogens is 2. The molecule has 0 radical (unpaired) electrons. The van der Waals surface area contributed by atoms with Crippen molar-refractivity contribution in [2.24, 2.45) is 0 Å². The number of hydrogen-bond donors (Lipinski definition) is 1. The molecule has 0 fully saturated rings. The van der Waals surface area contributed by atoms with E-state index >= 15 is 0 Å². The quantitative estimate of drug-likeness (QED) is 0.310. The van der Waals surface area contributed by atoms with Crippen molar-refractivity contribution in [2.75, 3.05) is 19.3 Å². The summed E-state index contributed by atoms with van der Waals surface area (Å²) in [4.78, 5) is 49.8. The summed E-state index contributed by atoms with van der Waals surface area (Å²) in [6.45, 7) is 5.57. The van der Waals surface area contributed by atoms with Crippen LogP contribution >= 0.6 is 0 Å². The number of benzene rings is 3. The van der Waals surface area contributed by atoms with E-state index in [2.05, 4.69) is 9.97 Å². The third kappa shape index (κ3) is 6.72. The van der Waals surface area contributed by atoms with Gasteiger partial charge in [-0.25, -0.2) is 19.2 Å². The predicted molar refractivity (Wildman–Crippen MR) is 158 cm³/mol. The maximum atomic E-state index is 14.5. The van der Waals surface area contributed by atoms with Crippen molar-refractivity contribution in [3.63, 3.8) is 0 Å². The molecule has 0 saturated carbocycles. The summed E-state index contributed by atoms with van der Waals surface area (Å²) in [7, 11) is 1.43. The van der Waals surface area contributed by atoms with Gasteiger partial charge in [-0.15, -0.1) is 0 Å². The van der Waals surface area contributed by atoms with E-state index in [9.17, 15) is 18.8 Å². The molecular formula is C32H32FN5O5. The fourth-order valence-electron chi connectivity index (χ4n) is 4.85. The van der Waals surface area contributed by atoms with Crippen molar-refractivity contribution in [3.05, 3.63) is 88.9 Å². The molecule has 2 amide bonds. The Morgan fingerprint density at radius 2 is 1.70 bits per heavy atom. The van der Waals surface area contributed by atoms with Crippen LogP contribution in [0.5, 0.6) is 0 Å². The number of fused-ring (bicyclic) bond motifs is 2. The maximum absolute atomic E-state index is 14.5. The van der Waals surface area contributed by atoms with Crippen LogP contribution < -0.4 is 5.73 Å². The Labute approximate surface area is 248 Å². The molecular weight excluding hydrogens is 553 g/mol. The molecule has 0 bridgehead atoms. The van der Waals surface area contributed by atoms with Crippen LogP contribution in [0.2, 0.25) is 0 Å². The Hall–Kier alpha value is -5.06. The topological polar surface area (TPSA) is 128 Å². The molecule has 10 nitrogen and oxygen atoms in total. The second-order valence-corrected chi connectivity index (χ2v) is 11.4. The van der Waals surface area contributed by atoms with Crippen LogP contribution in [0.4, 0.5) is 15.1 Å². The van der Waals surface area contributed by atoms with Gasteiger partial charge in [-0.2, -0.15) is 0 Å². The highest BCUT2D eigenvalue weighted by Crippen LogP contribution is 2.31. The predicted octanol–water partition coefficient (Wildman–Crippen LogP) is 5.08. The van der Waals surface area contributed by atoms with Gasteiger partial charge in [0.2, 0.25) is 5.95 Å². The molecule has 0 unspecified atom stereocenters. The molecule has 2 N–H and O–H groups in total. The molecule has 222 valence electrons. The van der Waals surface area contributed by atoms with Gasteiger partial charge < -0.3 is 25.0 Å². The molecule has 11 heteroatoms. The summed E-state index contributed by atoms with van der Waals surface area (Å²) in [6, 6.07) is 17.1. The lowest BCUT2D eigenvalue weighted by Crippen LogP contribution is -2.37. The number of esters is 1. The van der Waals surface area contributed by atoms with Crippen LogP contribution in [0, 0.1) is 5.82 Å². The first kappa shape index (κ1) is 29.4. The summed E-state index contributed by atoms with van der Waals surface area (Å²) < 4.78 is 25.2. The number of rotatable bonds is 6. The second-order valence-electron chi connectivity index (χ2n) is 11.4. The zero-order valence-electron chi connectivity index (χ0n) is 24.4. The molecule has 1 aromatic heterocycles. The number of ether oxygens (including phenoxy) is 2. The Balaban J connectivity index is 1.39. The number of hydrogen-bond acceptors (Lipinski definition) is 8. The molecule has 1 aliphatic rings. The largest absolute Gasteiger partial charge is 0.459 e. The minimum absolute atomic E-state index is 0.0324. The fraction of sp³-hybridized carbons (Fsp3) is 0.281.